The first-order valence-electron chi connectivity index (χ1n) is 7.01. The molecule has 3 N–H and O–H groups in total. The van der Waals surface area contributed by atoms with Gasteiger partial charge in [-0.25, -0.2) is 17.7 Å². The van der Waals surface area contributed by atoms with E-state index in [1.807, 2.05) is 6.92 Å². The lowest BCUT2D eigenvalue weighted by Crippen LogP contribution is -2.33. The van der Waals surface area contributed by atoms with E-state index in [2.05, 4.69) is 15.2 Å². The van der Waals surface area contributed by atoms with E-state index < -0.39 is 21.8 Å². The van der Waals surface area contributed by atoms with Gasteiger partial charge in [-0.15, -0.1) is 0 Å². The smallest absolute Gasteiger partial charge is 0.222 e. The molecule has 0 radical (unpaired) electrons. The van der Waals surface area contributed by atoms with Gasteiger partial charge in [0.2, 0.25) is 15.9 Å². The van der Waals surface area contributed by atoms with Gasteiger partial charge < -0.3 is 5.73 Å². The fraction of sp³-hybridized carbons (Fsp3) is 0.750. The highest BCUT2D eigenvalue weighted by molar-refractivity contribution is 7.89. The van der Waals surface area contributed by atoms with Crippen molar-refractivity contribution in [1.82, 2.24) is 19.5 Å². The van der Waals surface area contributed by atoms with Gasteiger partial charge in [0.15, 0.2) is 5.82 Å². The first-order valence-corrected chi connectivity index (χ1v) is 8.62. The van der Waals surface area contributed by atoms with Gasteiger partial charge in [0, 0.05) is 19.0 Å². The second-order valence-electron chi connectivity index (χ2n) is 5.38. The molecule has 0 aliphatic carbocycles. The van der Waals surface area contributed by atoms with Gasteiger partial charge in [-0.3, -0.25) is 9.89 Å². The monoisotopic (exact) mass is 315 g/mol. The van der Waals surface area contributed by atoms with Crippen LogP contribution in [0.3, 0.4) is 0 Å². The average molecular weight is 315 g/mol. The van der Waals surface area contributed by atoms with Gasteiger partial charge in [-0.2, -0.15) is 5.10 Å². The first-order chi connectivity index (χ1) is 9.85. The number of aromatic nitrogens is 3. The maximum Gasteiger partial charge on any atom is 0.222 e. The lowest BCUT2D eigenvalue weighted by molar-refractivity contribution is -0.121. The number of rotatable bonds is 6. The average Bonchev–Trinajstić information content (AvgIpc) is 3.02. The molecule has 0 unspecified atom stereocenters. The fourth-order valence-electron chi connectivity index (χ4n) is 2.53. The summed E-state index contributed by atoms with van der Waals surface area (Å²) in [5.74, 6) is -0.324. The predicted octanol–water partition coefficient (Wildman–Crippen LogP) is -0.256. The molecule has 1 fully saturated rings. The van der Waals surface area contributed by atoms with Crippen LogP contribution in [0.2, 0.25) is 0 Å². The van der Waals surface area contributed by atoms with E-state index in [0.29, 0.717) is 18.1 Å². The molecule has 9 heteroatoms. The zero-order valence-corrected chi connectivity index (χ0v) is 13.1. The lowest BCUT2D eigenvalue weighted by Gasteiger charge is -2.15. The topological polar surface area (TPSA) is 122 Å². The summed E-state index contributed by atoms with van der Waals surface area (Å²) in [6.07, 6.45) is 1.40. The van der Waals surface area contributed by atoms with E-state index in [1.54, 1.807) is 6.92 Å². The van der Waals surface area contributed by atoms with E-state index >= 15 is 0 Å². The summed E-state index contributed by atoms with van der Waals surface area (Å²) in [4.78, 5) is 15.8. The maximum atomic E-state index is 12.3. The molecular weight excluding hydrogens is 294 g/mol. The number of carbonyl (C=O) groups is 1. The second kappa shape index (κ2) is 6.10. The van der Waals surface area contributed by atoms with E-state index in [9.17, 15) is 13.2 Å². The minimum atomic E-state index is -3.36. The Balaban J connectivity index is 2.21. The lowest BCUT2D eigenvalue weighted by atomic mass is 9.95. The number of nitrogens with one attached hydrogen (secondary N) is 1. The number of aryl methyl sites for hydroxylation is 1. The Hall–Kier alpha value is -1.48. The van der Waals surface area contributed by atoms with Crippen molar-refractivity contribution >= 4 is 15.9 Å². The molecular formula is C12H21N5O3S. The summed E-state index contributed by atoms with van der Waals surface area (Å²) < 4.78 is 25.9. The van der Waals surface area contributed by atoms with Gasteiger partial charge >= 0.3 is 0 Å². The van der Waals surface area contributed by atoms with Crippen molar-refractivity contribution in [2.45, 2.75) is 32.6 Å². The molecule has 118 valence electrons. The molecule has 2 atom stereocenters. The number of hydrogen-bond acceptors (Lipinski definition) is 5. The molecule has 21 heavy (non-hydrogen) atoms. The normalized spacial score (nSPS) is 23.5. The van der Waals surface area contributed by atoms with Crippen molar-refractivity contribution in [2.75, 3.05) is 18.8 Å². The summed E-state index contributed by atoms with van der Waals surface area (Å²) in [5.41, 5.74) is 5.41. The molecule has 0 aromatic carbocycles. The van der Waals surface area contributed by atoms with Crippen LogP contribution >= 0.6 is 0 Å². The van der Waals surface area contributed by atoms with E-state index in [-0.39, 0.29) is 24.8 Å². The molecule has 1 aliphatic heterocycles. The van der Waals surface area contributed by atoms with Crippen LogP contribution in [0.15, 0.2) is 0 Å². The molecule has 0 bridgehead atoms. The van der Waals surface area contributed by atoms with Crippen LogP contribution in [0.1, 0.15) is 37.3 Å². The molecule has 2 heterocycles. The molecule has 1 amide bonds. The summed E-state index contributed by atoms with van der Waals surface area (Å²) >= 11 is 0. The van der Waals surface area contributed by atoms with Crippen LogP contribution in [-0.2, 0) is 14.8 Å². The van der Waals surface area contributed by atoms with Gasteiger partial charge in [0.1, 0.15) is 5.82 Å². The van der Waals surface area contributed by atoms with Gasteiger partial charge in [0.05, 0.1) is 11.7 Å². The zero-order chi connectivity index (χ0) is 15.6. The molecule has 1 saturated heterocycles. The van der Waals surface area contributed by atoms with Crippen molar-refractivity contribution in [3.8, 4) is 0 Å². The van der Waals surface area contributed by atoms with Crippen LogP contribution in [0.25, 0.3) is 0 Å². The summed E-state index contributed by atoms with van der Waals surface area (Å²) in [6, 6.07) is 0. The van der Waals surface area contributed by atoms with E-state index in [0.717, 1.165) is 6.42 Å². The Morgan fingerprint density at radius 2 is 2.19 bits per heavy atom. The number of nitrogens with two attached hydrogens (primary N) is 1. The third-order valence-corrected chi connectivity index (χ3v) is 5.64. The largest absolute Gasteiger partial charge is 0.369 e. The minimum Gasteiger partial charge on any atom is -0.369 e. The number of amides is 1. The minimum absolute atomic E-state index is 0.0920. The Labute approximate surface area is 124 Å². The highest BCUT2D eigenvalue weighted by Crippen LogP contribution is 2.32. The summed E-state index contributed by atoms with van der Waals surface area (Å²) in [6.45, 7) is 4.00. The van der Waals surface area contributed by atoms with Crippen molar-refractivity contribution in [3.63, 3.8) is 0 Å². The number of hydrogen-bond donors (Lipinski definition) is 2. The molecule has 1 aliphatic rings. The number of aromatic amines is 1. The van der Waals surface area contributed by atoms with Crippen molar-refractivity contribution in [2.24, 2.45) is 11.7 Å². The van der Waals surface area contributed by atoms with Crippen LogP contribution in [0.4, 0.5) is 0 Å². The van der Waals surface area contributed by atoms with E-state index in [1.165, 1.54) is 4.31 Å². The predicted molar refractivity (Wildman–Crippen MR) is 76.8 cm³/mol. The number of unbranched alkanes of at least 4 members (excludes halogenated alkanes) is 1. The number of H-pyrrole nitrogens is 1. The van der Waals surface area contributed by atoms with Crippen LogP contribution in [0.5, 0.6) is 0 Å². The Morgan fingerprint density at radius 1 is 1.48 bits per heavy atom. The van der Waals surface area contributed by atoms with Gasteiger partial charge in [-0.1, -0.05) is 13.3 Å². The third kappa shape index (κ3) is 3.41. The number of nitrogens with zero attached hydrogens (tertiary/aromatic N) is 3. The Bertz CT molecular complexity index is 612. The number of carbonyl (C=O) groups excluding carboxylic acids is 1. The molecule has 0 saturated carbocycles. The highest BCUT2D eigenvalue weighted by Gasteiger charge is 2.43. The number of primary amides is 1. The SMILES string of the molecule is CCCCS(=O)(=O)N1C[C@@H](C(N)=O)[C@H](c2n[nH]c(C)n2)C1. The summed E-state index contributed by atoms with van der Waals surface area (Å²) in [5, 5.41) is 6.76. The Morgan fingerprint density at radius 3 is 2.71 bits per heavy atom. The van der Waals surface area contributed by atoms with Crippen LogP contribution in [-0.4, -0.2) is 52.7 Å². The number of sulfonamides is 1. The highest BCUT2D eigenvalue weighted by atomic mass is 32.2. The zero-order valence-electron chi connectivity index (χ0n) is 12.2. The first kappa shape index (κ1) is 15.9. The molecule has 1 aromatic rings. The maximum absolute atomic E-state index is 12.3. The van der Waals surface area contributed by atoms with E-state index in [4.69, 9.17) is 5.73 Å². The van der Waals surface area contributed by atoms with Crippen LogP contribution < -0.4 is 5.73 Å². The molecule has 1 aromatic heterocycles. The van der Waals surface area contributed by atoms with Crippen LogP contribution in [0, 0.1) is 12.8 Å². The quantitative estimate of drug-likeness (QED) is 0.749. The van der Waals surface area contributed by atoms with Crippen molar-refractivity contribution < 1.29 is 13.2 Å². The standard InChI is InChI=1S/C12H21N5O3S/c1-3-4-5-21(19,20)17-6-9(11(13)18)10(7-17)12-14-8(2)15-16-12/h9-10H,3-7H2,1-2H3,(H2,13,18)(H,14,15,16)/t9-,10-/m1/s1. The van der Waals surface area contributed by atoms with Gasteiger partial charge in [-0.05, 0) is 13.3 Å². The Kier molecular flexibility index (Phi) is 4.62. The fourth-order valence-corrected chi connectivity index (χ4v) is 4.21. The van der Waals surface area contributed by atoms with Crippen molar-refractivity contribution in [1.29, 1.82) is 0 Å². The second-order valence-corrected chi connectivity index (χ2v) is 7.47. The molecule has 2 rings (SSSR count). The van der Waals surface area contributed by atoms with Crippen molar-refractivity contribution in [3.05, 3.63) is 11.6 Å². The van der Waals surface area contributed by atoms with Gasteiger partial charge in [0.25, 0.3) is 0 Å². The third-order valence-electron chi connectivity index (χ3n) is 3.75. The molecule has 8 nitrogen and oxygen atoms in total. The molecule has 0 spiro atoms. The summed E-state index contributed by atoms with van der Waals surface area (Å²) in [7, 11) is -3.36.